The van der Waals surface area contributed by atoms with E-state index in [1.165, 1.54) is 11.1 Å². The Bertz CT molecular complexity index is 638. The summed E-state index contributed by atoms with van der Waals surface area (Å²) in [6.07, 6.45) is 0. The molecule has 0 saturated carbocycles. The van der Waals surface area contributed by atoms with Crippen molar-refractivity contribution in [3.63, 3.8) is 0 Å². The van der Waals surface area contributed by atoms with Crippen molar-refractivity contribution in [3.8, 4) is 0 Å². The fraction of sp³-hybridized carbons (Fsp3) is 0.133. The molecular formula is C15H15ClN2S. The molecule has 2 rings (SSSR count). The predicted molar refractivity (Wildman–Crippen MR) is 86.5 cm³/mol. The second kappa shape index (κ2) is 5.59. The quantitative estimate of drug-likeness (QED) is 0.826. The maximum absolute atomic E-state index is 6.03. The minimum absolute atomic E-state index is 0.351. The van der Waals surface area contributed by atoms with Gasteiger partial charge in [-0.25, -0.2) is 0 Å². The van der Waals surface area contributed by atoms with Crippen molar-refractivity contribution in [2.75, 3.05) is 5.32 Å². The lowest BCUT2D eigenvalue weighted by atomic mass is 10.1. The lowest BCUT2D eigenvalue weighted by Gasteiger charge is -2.14. The molecule has 0 aliphatic heterocycles. The van der Waals surface area contributed by atoms with E-state index in [0.29, 0.717) is 10.0 Å². The van der Waals surface area contributed by atoms with Crippen LogP contribution in [0.5, 0.6) is 0 Å². The zero-order valence-corrected chi connectivity index (χ0v) is 12.4. The van der Waals surface area contributed by atoms with Crippen molar-refractivity contribution in [2.24, 2.45) is 5.73 Å². The van der Waals surface area contributed by atoms with Crippen LogP contribution in [-0.4, -0.2) is 4.99 Å². The molecule has 0 aliphatic rings. The predicted octanol–water partition coefficient (Wildman–Crippen LogP) is 4.33. The fourth-order valence-electron chi connectivity index (χ4n) is 1.87. The molecule has 0 unspecified atom stereocenters. The van der Waals surface area contributed by atoms with Crippen LogP contribution in [0.15, 0.2) is 36.4 Å². The zero-order valence-electron chi connectivity index (χ0n) is 10.8. The van der Waals surface area contributed by atoms with E-state index in [1.54, 1.807) is 6.07 Å². The highest BCUT2D eigenvalue weighted by atomic mass is 35.5. The van der Waals surface area contributed by atoms with Gasteiger partial charge in [-0.05, 0) is 49.2 Å². The molecule has 0 saturated heterocycles. The van der Waals surface area contributed by atoms with Crippen molar-refractivity contribution >= 4 is 40.2 Å². The highest BCUT2D eigenvalue weighted by Crippen LogP contribution is 2.27. The monoisotopic (exact) mass is 290 g/mol. The van der Waals surface area contributed by atoms with Gasteiger partial charge in [0.25, 0.3) is 0 Å². The number of hydrogen-bond donors (Lipinski definition) is 2. The molecule has 19 heavy (non-hydrogen) atoms. The van der Waals surface area contributed by atoms with Gasteiger partial charge in [0.1, 0.15) is 4.99 Å². The lowest BCUT2D eigenvalue weighted by Crippen LogP contribution is -2.12. The molecule has 0 amide bonds. The molecule has 0 aromatic heterocycles. The minimum Gasteiger partial charge on any atom is -0.389 e. The molecule has 0 fully saturated rings. The van der Waals surface area contributed by atoms with Gasteiger partial charge in [0.15, 0.2) is 0 Å². The Balaban J connectivity index is 2.45. The summed E-state index contributed by atoms with van der Waals surface area (Å²) >= 11 is 11.1. The number of halogens is 1. The molecule has 4 heteroatoms. The van der Waals surface area contributed by atoms with E-state index in [-0.39, 0.29) is 0 Å². The van der Waals surface area contributed by atoms with E-state index in [4.69, 9.17) is 29.6 Å². The van der Waals surface area contributed by atoms with Gasteiger partial charge in [-0.1, -0.05) is 36.0 Å². The summed E-state index contributed by atoms with van der Waals surface area (Å²) in [5, 5.41) is 4.00. The van der Waals surface area contributed by atoms with Crippen LogP contribution in [0.2, 0.25) is 5.02 Å². The Morgan fingerprint density at radius 2 is 1.89 bits per heavy atom. The number of benzene rings is 2. The number of anilines is 2. The van der Waals surface area contributed by atoms with E-state index >= 15 is 0 Å². The molecular weight excluding hydrogens is 276 g/mol. The first kappa shape index (κ1) is 13.8. The topological polar surface area (TPSA) is 38.0 Å². The normalized spacial score (nSPS) is 10.3. The summed E-state index contributed by atoms with van der Waals surface area (Å²) in [6, 6.07) is 11.6. The van der Waals surface area contributed by atoms with Gasteiger partial charge >= 0.3 is 0 Å². The van der Waals surface area contributed by atoms with Crippen molar-refractivity contribution in [1.29, 1.82) is 0 Å². The SMILES string of the molecule is Cc1cccc(Nc2cc(Cl)ccc2C(N)=S)c1C. The second-order valence-corrected chi connectivity index (χ2v) is 5.30. The maximum atomic E-state index is 6.03. The molecule has 0 spiro atoms. The Kier molecular flexibility index (Phi) is 4.08. The average Bonchev–Trinajstić information content (AvgIpc) is 2.35. The van der Waals surface area contributed by atoms with E-state index in [2.05, 4.69) is 25.2 Å². The van der Waals surface area contributed by atoms with Crippen LogP contribution in [0.4, 0.5) is 11.4 Å². The van der Waals surface area contributed by atoms with E-state index < -0.39 is 0 Å². The fourth-order valence-corrected chi connectivity index (χ4v) is 2.22. The summed E-state index contributed by atoms with van der Waals surface area (Å²) in [5.74, 6) is 0. The standard InChI is InChI=1S/C15H15ClN2S/c1-9-4-3-5-13(10(9)2)18-14-8-11(16)6-7-12(14)15(17)19/h3-8,18H,1-2H3,(H2,17,19). The van der Waals surface area contributed by atoms with Gasteiger partial charge in [0.2, 0.25) is 0 Å². The Morgan fingerprint density at radius 3 is 2.58 bits per heavy atom. The van der Waals surface area contributed by atoms with Crippen molar-refractivity contribution in [3.05, 3.63) is 58.1 Å². The molecule has 0 bridgehead atoms. The molecule has 0 heterocycles. The molecule has 0 atom stereocenters. The first-order valence-electron chi connectivity index (χ1n) is 5.91. The smallest absolute Gasteiger partial charge is 0.106 e. The summed E-state index contributed by atoms with van der Waals surface area (Å²) < 4.78 is 0. The molecule has 3 N–H and O–H groups in total. The second-order valence-electron chi connectivity index (χ2n) is 4.43. The third-order valence-corrected chi connectivity index (χ3v) is 3.58. The van der Waals surface area contributed by atoms with Gasteiger partial charge in [0, 0.05) is 16.3 Å². The Hall–Kier alpha value is -1.58. The molecule has 0 aliphatic carbocycles. The largest absolute Gasteiger partial charge is 0.389 e. The van der Waals surface area contributed by atoms with Gasteiger partial charge in [-0.2, -0.15) is 0 Å². The summed E-state index contributed by atoms with van der Waals surface area (Å²) in [4.78, 5) is 0.351. The Labute approximate surface area is 123 Å². The van der Waals surface area contributed by atoms with Crippen LogP contribution in [0.25, 0.3) is 0 Å². The molecule has 98 valence electrons. The van der Waals surface area contributed by atoms with Crippen LogP contribution >= 0.6 is 23.8 Å². The third kappa shape index (κ3) is 3.06. The number of thiocarbonyl (C=S) groups is 1. The van der Waals surface area contributed by atoms with Crippen molar-refractivity contribution in [2.45, 2.75) is 13.8 Å². The van der Waals surface area contributed by atoms with Gasteiger partial charge in [-0.15, -0.1) is 0 Å². The minimum atomic E-state index is 0.351. The van der Waals surface area contributed by atoms with Crippen LogP contribution < -0.4 is 11.1 Å². The van der Waals surface area contributed by atoms with E-state index in [0.717, 1.165) is 16.9 Å². The third-order valence-electron chi connectivity index (χ3n) is 3.12. The first-order valence-corrected chi connectivity index (χ1v) is 6.70. The summed E-state index contributed by atoms with van der Waals surface area (Å²) in [6.45, 7) is 4.15. The Morgan fingerprint density at radius 1 is 1.16 bits per heavy atom. The lowest BCUT2D eigenvalue weighted by molar-refractivity contribution is 1.33. The molecule has 0 radical (unpaired) electrons. The van der Waals surface area contributed by atoms with E-state index in [1.807, 2.05) is 24.3 Å². The number of hydrogen-bond acceptors (Lipinski definition) is 2. The van der Waals surface area contributed by atoms with Crippen LogP contribution in [-0.2, 0) is 0 Å². The zero-order chi connectivity index (χ0) is 14.0. The van der Waals surface area contributed by atoms with Gasteiger partial charge < -0.3 is 11.1 Å². The summed E-state index contributed by atoms with van der Waals surface area (Å²) in [7, 11) is 0. The van der Waals surface area contributed by atoms with Crippen molar-refractivity contribution < 1.29 is 0 Å². The highest BCUT2D eigenvalue weighted by molar-refractivity contribution is 7.80. The number of nitrogens with one attached hydrogen (secondary N) is 1. The first-order chi connectivity index (χ1) is 8.99. The van der Waals surface area contributed by atoms with Gasteiger partial charge in [0.05, 0.1) is 5.69 Å². The van der Waals surface area contributed by atoms with Crippen LogP contribution in [0.3, 0.4) is 0 Å². The van der Waals surface area contributed by atoms with Crippen LogP contribution in [0.1, 0.15) is 16.7 Å². The van der Waals surface area contributed by atoms with Crippen LogP contribution in [0, 0.1) is 13.8 Å². The molecule has 2 aromatic carbocycles. The maximum Gasteiger partial charge on any atom is 0.106 e. The average molecular weight is 291 g/mol. The molecule has 2 aromatic rings. The highest BCUT2D eigenvalue weighted by Gasteiger charge is 2.08. The number of aryl methyl sites for hydroxylation is 1. The number of rotatable bonds is 3. The van der Waals surface area contributed by atoms with Crippen molar-refractivity contribution in [1.82, 2.24) is 0 Å². The van der Waals surface area contributed by atoms with E-state index in [9.17, 15) is 0 Å². The number of nitrogens with two attached hydrogens (primary N) is 1. The van der Waals surface area contributed by atoms with Gasteiger partial charge in [-0.3, -0.25) is 0 Å². The molecule has 2 nitrogen and oxygen atoms in total. The summed E-state index contributed by atoms with van der Waals surface area (Å²) in [5.41, 5.74) is 10.8.